The van der Waals surface area contributed by atoms with Gasteiger partial charge in [-0.3, -0.25) is 4.79 Å². The van der Waals surface area contributed by atoms with Crippen molar-refractivity contribution in [2.24, 2.45) is 0 Å². The van der Waals surface area contributed by atoms with Gasteiger partial charge in [0.1, 0.15) is 5.76 Å². The maximum Gasteiger partial charge on any atom is 0.253 e. The molecule has 2 aromatic carbocycles. The zero-order valence-electron chi connectivity index (χ0n) is 17.9. The number of fused-ring (bicyclic) bond motifs is 1. The van der Waals surface area contributed by atoms with Crippen molar-refractivity contribution in [2.75, 3.05) is 5.32 Å². The second-order valence-electron chi connectivity index (χ2n) is 7.85. The van der Waals surface area contributed by atoms with Gasteiger partial charge in [0, 0.05) is 11.3 Å². The van der Waals surface area contributed by atoms with Crippen molar-refractivity contribution >= 4 is 33.9 Å². The standard InChI is InChI=1S/C25H25N3O2S/c1-16-9-10-22(18(3)12-16)26-25(31)28(15-21-8-5-11-30-21)14-20-13-19-7-4-6-17(2)23(19)27-24(20)29/h4-13H,14-15H2,1-3H3,(H,26,31)(H,27,29). The molecule has 0 saturated heterocycles. The van der Waals surface area contributed by atoms with Crippen molar-refractivity contribution in [3.8, 4) is 0 Å². The minimum atomic E-state index is -0.111. The topological polar surface area (TPSA) is 61.3 Å². The van der Waals surface area contributed by atoms with Crippen LogP contribution in [0.4, 0.5) is 5.69 Å². The lowest BCUT2D eigenvalue weighted by Crippen LogP contribution is -2.35. The van der Waals surface area contributed by atoms with Crippen molar-refractivity contribution in [1.29, 1.82) is 0 Å². The van der Waals surface area contributed by atoms with Gasteiger partial charge in [0.25, 0.3) is 5.56 Å². The molecule has 2 heterocycles. The zero-order valence-corrected chi connectivity index (χ0v) is 18.7. The Bertz CT molecular complexity index is 1290. The first-order valence-corrected chi connectivity index (χ1v) is 10.6. The highest BCUT2D eigenvalue weighted by Crippen LogP contribution is 2.20. The first kappa shape index (κ1) is 20.9. The molecule has 0 spiro atoms. The minimum absolute atomic E-state index is 0.111. The summed E-state index contributed by atoms with van der Waals surface area (Å²) in [5.41, 5.74) is 5.70. The summed E-state index contributed by atoms with van der Waals surface area (Å²) < 4.78 is 5.54. The second-order valence-corrected chi connectivity index (χ2v) is 8.23. The number of para-hydroxylation sites is 1. The molecule has 0 atom stereocenters. The Morgan fingerprint density at radius 3 is 2.61 bits per heavy atom. The summed E-state index contributed by atoms with van der Waals surface area (Å²) in [6.07, 6.45) is 1.64. The first-order valence-electron chi connectivity index (χ1n) is 10.2. The minimum Gasteiger partial charge on any atom is -0.467 e. The van der Waals surface area contributed by atoms with Crippen molar-refractivity contribution < 1.29 is 4.42 Å². The molecule has 4 aromatic rings. The van der Waals surface area contributed by atoms with Crippen LogP contribution < -0.4 is 10.9 Å². The molecule has 0 aliphatic heterocycles. The van der Waals surface area contributed by atoms with Crippen molar-refractivity contribution in [2.45, 2.75) is 33.9 Å². The number of benzene rings is 2. The van der Waals surface area contributed by atoms with Gasteiger partial charge in [-0.25, -0.2) is 0 Å². The summed E-state index contributed by atoms with van der Waals surface area (Å²) in [4.78, 5) is 17.8. The van der Waals surface area contributed by atoms with Gasteiger partial charge in [-0.1, -0.05) is 35.9 Å². The Labute approximate surface area is 186 Å². The fourth-order valence-electron chi connectivity index (χ4n) is 3.69. The lowest BCUT2D eigenvalue weighted by molar-refractivity contribution is 0.359. The number of aromatic nitrogens is 1. The molecule has 0 aliphatic carbocycles. The van der Waals surface area contributed by atoms with E-state index < -0.39 is 0 Å². The van der Waals surface area contributed by atoms with Crippen LogP contribution in [0.15, 0.2) is 70.1 Å². The molecular formula is C25H25N3O2S. The number of pyridine rings is 1. The van der Waals surface area contributed by atoms with E-state index in [1.807, 2.05) is 67.3 Å². The summed E-state index contributed by atoms with van der Waals surface area (Å²) in [5.74, 6) is 0.776. The Morgan fingerprint density at radius 2 is 1.87 bits per heavy atom. The average molecular weight is 432 g/mol. The van der Waals surface area contributed by atoms with Gasteiger partial charge in [0.15, 0.2) is 5.11 Å². The molecule has 4 rings (SSSR count). The molecule has 2 N–H and O–H groups in total. The average Bonchev–Trinajstić information content (AvgIpc) is 3.24. The fourth-order valence-corrected chi connectivity index (χ4v) is 3.93. The van der Waals surface area contributed by atoms with Crippen LogP contribution in [0.1, 0.15) is 28.0 Å². The Balaban J connectivity index is 1.65. The van der Waals surface area contributed by atoms with Gasteiger partial charge in [0.05, 0.1) is 24.9 Å². The summed E-state index contributed by atoms with van der Waals surface area (Å²) in [5, 5.41) is 4.87. The molecule has 0 unspecified atom stereocenters. The lowest BCUT2D eigenvalue weighted by atomic mass is 10.1. The third-order valence-corrected chi connectivity index (χ3v) is 5.72. The van der Waals surface area contributed by atoms with E-state index in [4.69, 9.17) is 16.6 Å². The van der Waals surface area contributed by atoms with Crippen LogP contribution in [0.25, 0.3) is 10.9 Å². The molecule has 0 saturated carbocycles. The first-order chi connectivity index (χ1) is 14.9. The van der Waals surface area contributed by atoms with E-state index in [0.29, 0.717) is 23.8 Å². The summed E-state index contributed by atoms with van der Waals surface area (Å²) in [6, 6.07) is 17.9. The third-order valence-electron chi connectivity index (χ3n) is 5.36. The van der Waals surface area contributed by atoms with Crippen LogP contribution in [0.2, 0.25) is 0 Å². The number of thiocarbonyl (C=S) groups is 1. The maximum absolute atomic E-state index is 12.8. The Kier molecular flexibility index (Phi) is 5.91. The molecule has 158 valence electrons. The van der Waals surface area contributed by atoms with Crippen LogP contribution in [-0.4, -0.2) is 15.0 Å². The molecular weight excluding hydrogens is 406 g/mol. The molecule has 5 nitrogen and oxygen atoms in total. The third kappa shape index (κ3) is 4.70. The highest BCUT2D eigenvalue weighted by Gasteiger charge is 2.16. The summed E-state index contributed by atoms with van der Waals surface area (Å²) in [6.45, 7) is 6.91. The molecule has 0 aliphatic rings. The lowest BCUT2D eigenvalue weighted by Gasteiger charge is -2.25. The van der Waals surface area contributed by atoms with E-state index in [2.05, 4.69) is 23.3 Å². The number of H-pyrrole nitrogens is 1. The van der Waals surface area contributed by atoms with Crippen LogP contribution in [0.3, 0.4) is 0 Å². The van der Waals surface area contributed by atoms with Gasteiger partial charge in [-0.15, -0.1) is 0 Å². The van der Waals surface area contributed by atoms with Crippen molar-refractivity contribution in [1.82, 2.24) is 9.88 Å². The highest BCUT2D eigenvalue weighted by molar-refractivity contribution is 7.80. The zero-order chi connectivity index (χ0) is 22.0. The number of furan rings is 1. The number of aromatic amines is 1. The fraction of sp³-hybridized carbons (Fsp3) is 0.200. The van der Waals surface area contributed by atoms with E-state index in [1.165, 1.54) is 5.56 Å². The highest BCUT2D eigenvalue weighted by atomic mass is 32.1. The largest absolute Gasteiger partial charge is 0.467 e. The molecule has 0 bridgehead atoms. The van der Waals surface area contributed by atoms with E-state index in [-0.39, 0.29) is 5.56 Å². The van der Waals surface area contributed by atoms with E-state index in [1.54, 1.807) is 6.26 Å². The molecule has 2 aromatic heterocycles. The Morgan fingerprint density at radius 1 is 1.03 bits per heavy atom. The molecule has 31 heavy (non-hydrogen) atoms. The predicted octanol–water partition coefficient (Wildman–Crippen LogP) is 5.45. The molecule has 0 radical (unpaired) electrons. The van der Waals surface area contributed by atoms with Gasteiger partial charge >= 0.3 is 0 Å². The number of nitrogens with zero attached hydrogens (tertiary/aromatic N) is 1. The van der Waals surface area contributed by atoms with Crippen LogP contribution in [0.5, 0.6) is 0 Å². The van der Waals surface area contributed by atoms with Gasteiger partial charge < -0.3 is 19.6 Å². The molecule has 0 amide bonds. The number of anilines is 1. The molecule has 6 heteroatoms. The predicted molar refractivity (Wildman–Crippen MR) is 129 cm³/mol. The van der Waals surface area contributed by atoms with Gasteiger partial charge in [-0.05, 0) is 73.8 Å². The van der Waals surface area contributed by atoms with Crippen LogP contribution >= 0.6 is 12.2 Å². The van der Waals surface area contributed by atoms with Crippen molar-refractivity contribution in [3.05, 3.63) is 99.2 Å². The van der Waals surface area contributed by atoms with Gasteiger partial charge in [0.2, 0.25) is 0 Å². The monoisotopic (exact) mass is 431 g/mol. The van der Waals surface area contributed by atoms with Crippen molar-refractivity contribution in [3.63, 3.8) is 0 Å². The number of hydrogen-bond donors (Lipinski definition) is 2. The number of rotatable bonds is 5. The van der Waals surface area contributed by atoms with Gasteiger partial charge in [-0.2, -0.15) is 0 Å². The number of aryl methyl sites for hydroxylation is 3. The molecule has 0 fully saturated rings. The maximum atomic E-state index is 12.8. The van der Waals surface area contributed by atoms with E-state index >= 15 is 0 Å². The van der Waals surface area contributed by atoms with Crippen LogP contribution in [0, 0.1) is 20.8 Å². The SMILES string of the molecule is Cc1ccc(NC(=S)N(Cc2ccco2)Cc2cc3cccc(C)c3[nH]c2=O)c(C)c1. The van der Waals surface area contributed by atoms with Crippen LogP contribution in [-0.2, 0) is 13.1 Å². The number of hydrogen-bond acceptors (Lipinski definition) is 3. The summed E-state index contributed by atoms with van der Waals surface area (Å²) >= 11 is 5.74. The second kappa shape index (κ2) is 8.78. The smallest absolute Gasteiger partial charge is 0.253 e. The summed E-state index contributed by atoms with van der Waals surface area (Å²) in [7, 11) is 0. The normalized spacial score (nSPS) is 10.9. The number of nitrogens with one attached hydrogen (secondary N) is 2. The Hall–Kier alpha value is -3.38. The van der Waals surface area contributed by atoms with E-state index in [0.717, 1.165) is 33.5 Å². The quantitative estimate of drug-likeness (QED) is 0.412. The van der Waals surface area contributed by atoms with E-state index in [9.17, 15) is 4.79 Å².